The van der Waals surface area contributed by atoms with Gasteiger partial charge in [0, 0.05) is 29.5 Å². The van der Waals surface area contributed by atoms with E-state index in [1.54, 1.807) is 17.1 Å². The molecule has 4 aromatic rings. The second-order valence-electron chi connectivity index (χ2n) is 6.52. The fourth-order valence-electron chi connectivity index (χ4n) is 2.94. The number of nitrogens with one attached hydrogen (secondary N) is 3. The van der Waals surface area contributed by atoms with Crippen molar-refractivity contribution in [2.75, 3.05) is 16.0 Å². The van der Waals surface area contributed by atoms with Crippen molar-refractivity contribution in [2.24, 2.45) is 0 Å². The summed E-state index contributed by atoms with van der Waals surface area (Å²) in [7, 11) is 0. The van der Waals surface area contributed by atoms with E-state index in [4.69, 9.17) is 0 Å². The third-order valence-corrected chi connectivity index (χ3v) is 4.45. The van der Waals surface area contributed by atoms with E-state index in [1.165, 1.54) is 0 Å². The first-order valence-electron chi connectivity index (χ1n) is 9.58. The minimum Gasteiger partial charge on any atom is -0.339 e. The second kappa shape index (κ2) is 8.87. The van der Waals surface area contributed by atoms with Crippen molar-refractivity contribution in [3.05, 3.63) is 84.7 Å². The van der Waals surface area contributed by atoms with Gasteiger partial charge in [0.25, 0.3) is 0 Å². The number of aromatic nitrogens is 4. The minimum atomic E-state index is -0.281. The summed E-state index contributed by atoms with van der Waals surface area (Å²) in [5.74, 6) is 1.25. The fourth-order valence-corrected chi connectivity index (χ4v) is 2.94. The van der Waals surface area contributed by atoms with E-state index >= 15 is 0 Å². The molecule has 8 nitrogen and oxygen atoms in total. The Balaban J connectivity index is 1.35. The lowest BCUT2D eigenvalue weighted by molar-refractivity contribution is 0.262. The molecule has 0 aliphatic carbocycles. The van der Waals surface area contributed by atoms with Crippen LogP contribution in [0.15, 0.2) is 79.1 Å². The Hall–Kier alpha value is -4.20. The van der Waals surface area contributed by atoms with Gasteiger partial charge < -0.3 is 16.0 Å². The zero-order chi connectivity index (χ0) is 20.8. The molecule has 4 rings (SSSR count). The number of amides is 2. The van der Waals surface area contributed by atoms with Gasteiger partial charge in [0.2, 0.25) is 0 Å². The van der Waals surface area contributed by atoms with Crippen LogP contribution in [0.5, 0.6) is 0 Å². The standard InChI is InChI=1S/C22H21N7O/c1-2-16-6-3-4-7-19(16)26-22(30)25-18-10-8-17(9-11-18)24-20-12-13-21(28-27-20)29-15-5-14-23-29/h3-15H,2H2,1H3,(H,24,27)(H2,25,26,30). The summed E-state index contributed by atoms with van der Waals surface area (Å²) in [5.41, 5.74) is 3.42. The lowest BCUT2D eigenvalue weighted by Gasteiger charge is -2.11. The van der Waals surface area contributed by atoms with Crippen LogP contribution in [-0.2, 0) is 6.42 Å². The van der Waals surface area contributed by atoms with E-state index in [9.17, 15) is 4.79 Å². The molecule has 3 N–H and O–H groups in total. The average molecular weight is 399 g/mol. The summed E-state index contributed by atoms with van der Waals surface area (Å²) in [6, 6.07) is 20.3. The topological polar surface area (TPSA) is 96.8 Å². The van der Waals surface area contributed by atoms with Gasteiger partial charge in [-0.2, -0.15) is 5.10 Å². The number of carbonyl (C=O) groups is 1. The Labute approximate surface area is 174 Å². The number of urea groups is 1. The maximum atomic E-state index is 12.3. The van der Waals surface area contributed by atoms with Crippen LogP contribution in [0.1, 0.15) is 12.5 Å². The smallest absolute Gasteiger partial charge is 0.323 e. The molecule has 150 valence electrons. The van der Waals surface area contributed by atoms with Crippen LogP contribution >= 0.6 is 0 Å². The van der Waals surface area contributed by atoms with Crippen molar-refractivity contribution < 1.29 is 4.79 Å². The molecule has 2 amide bonds. The number of benzene rings is 2. The lowest BCUT2D eigenvalue weighted by atomic mass is 10.1. The molecule has 0 saturated carbocycles. The van der Waals surface area contributed by atoms with Crippen LogP contribution in [0.25, 0.3) is 5.82 Å². The number of carbonyl (C=O) groups excluding carboxylic acids is 1. The van der Waals surface area contributed by atoms with Gasteiger partial charge in [-0.15, -0.1) is 10.2 Å². The zero-order valence-corrected chi connectivity index (χ0v) is 16.4. The van der Waals surface area contributed by atoms with Crippen LogP contribution < -0.4 is 16.0 Å². The Morgan fingerprint density at radius 3 is 2.40 bits per heavy atom. The van der Waals surface area contributed by atoms with Crippen molar-refractivity contribution in [3.8, 4) is 5.82 Å². The van der Waals surface area contributed by atoms with Crippen molar-refractivity contribution in [1.82, 2.24) is 20.0 Å². The largest absolute Gasteiger partial charge is 0.339 e. The van der Waals surface area contributed by atoms with Gasteiger partial charge in [-0.1, -0.05) is 25.1 Å². The van der Waals surface area contributed by atoms with Crippen LogP contribution in [0.3, 0.4) is 0 Å². The fraction of sp³-hybridized carbons (Fsp3) is 0.0909. The number of rotatable bonds is 6. The number of anilines is 4. The van der Waals surface area contributed by atoms with Crippen LogP contribution in [0, 0.1) is 0 Å². The molecule has 0 fully saturated rings. The molecule has 0 spiro atoms. The van der Waals surface area contributed by atoms with Crippen LogP contribution in [0.4, 0.5) is 27.7 Å². The summed E-state index contributed by atoms with van der Waals surface area (Å²) in [6.45, 7) is 2.06. The number of aryl methyl sites for hydroxylation is 1. The molecule has 0 unspecified atom stereocenters. The van der Waals surface area contributed by atoms with Crippen molar-refractivity contribution >= 4 is 28.9 Å². The Bertz CT molecular complexity index is 1110. The number of hydrogen-bond donors (Lipinski definition) is 3. The summed E-state index contributed by atoms with van der Waals surface area (Å²) in [6.07, 6.45) is 4.34. The predicted molar refractivity (Wildman–Crippen MR) is 117 cm³/mol. The predicted octanol–water partition coefficient (Wildman–Crippen LogP) is 4.61. The normalized spacial score (nSPS) is 10.4. The maximum absolute atomic E-state index is 12.3. The van der Waals surface area contributed by atoms with Gasteiger partial charge in [0.05, 0.1) is 0 Å². The minimum absolute atomic E-state index is 0.281. The van der Waals surface area contributed by atoms with Gasteiger partial charge in [0.15, 0.2) is 11.6 Å². The molecular formula is C22H21N7O. The molecule has 0 saturated heterocycles. The number of para-hydroxylation sites is 1. The first-order chi connectivity index (χ1) is 14.7. The average Bonchev–Trinajstić information content (AvgIpc) is 3.31. The third-order valence-electron chi connectivity index (χ3n) is 4.45. The van der Waals surface area contributed by atoms with Crippen molar-refractivity contribution in [3.63, 3.8) is 0 Å². The maximum Gasteiger partial charge on any atom is 0.323 e. The van der Waals surface area contributed by atoms with Gasteiger partial charge in [0.1, 0.15) is 0 Å². The van der Waals surface area contributed by atoms with Crippen molar-refractivity contribution in [2.45, 2.75) is 13.3 Å². The van der Waals surface area contributed by atoms with E-state index in [2.05, 4.69) is 38.2 Å². The van der Waals surface area contributed by atoms with E-state index in [1.807, 2.05) is 66.7 Å². The summed E-state index contributed by atoms with van der Waals surface area (Å²) in [5, 5.41) is 21.3. The quantitative estimate of drug-likeness (QED) is 0.440. The highest BCUT2D eigenvalue weighted by atomic mass is 16.2. The van der Waals surface area contributed by atoms with E-state index in [0.717, 1.165) is 23.4 Å². The Morgan fingerprint density at radius 2 is 1.70 bits per heavy atom. The number of nitrogens with zero attached hydrogens (tertiary/aromatic N) is 4. The van der Waals surface area contributed by atoms with Crippen LogP contribution in [-0.4, -0.2) is 26.0 Å². The first-order valence-corrected chi connectivity index (χ1v) is 9.58. The van der Waals surface area contributed by atoms with Gasteiger partial charge in [-0.3, -0.25) is 0 Å². The van der Waals surface area contributed by atoms with Gasteiger partial charge in [-0.05, 0) is 60.5 Å². The summed E-state index contributed by atoms with van der Waals surface area (Å²) >= 11 is 0. The second-order valence-corrected chi connectivity index (χ2v) is 6.52. The monoisotopic (exact) mass is 399 g/mol. The van der Waals surface area contributed by atoms with E-state index in [0.29, 0.717) is 17.3 Å². The van der Waals surface area contributed by atoms with E-state index in [-0.39, 0.29) is 6.03 Å². The molecule has 8 heteroatoms. The molecule has 0 bridgehead atoms. The molecule has 0 aliphatic heterocycles. The molecule has 2 aromatic heterocycles. The van der Waals surface area contributed by atoms with Gasteiger partial charge >= 0.3 is 6.03 Å². The molecule has 30 heavy (non-hydrogen) atoms. The summed E-state index contributed by atoms with van der Waals surface area (Å²) in [4.78, 5) is 12.3. The van der Waals surface area contributed by atoms with E-state index < -0.39 is 0 Å². The highest BCUT2D eigenvalue weighted by Crippen LogP contribution is 2.19. The molecule has 0 aliphatic rings. The Kier molecular flexibility index (Phi) is 5.66. The zero-order valence-electron chi connectivity index (χ0n) is 16.4. The molecule has 0 radical (unpaired) electrons. The third kappa shape index (κ3) is 4.61. The van der Waals surface area contributed by atoms with Gasteiger partial charge in [-0.25, -0.2) is 9.48 Å². The van der Waals surface area contributed by atoms with Crippen LogP contribution in [0.2, 0.25) is 0 Å². The first kappa shape index (κ1) is 19.1. The highest BCUT2D eigenvalue weighted by Gasteiger charge is 2.06. The molecular weight excluding hydrogens is 378 g/mol. The molecule has 2 aromatic carbocycles. The SMILES string of the molecule is CCc1ccccc1NC(=O)Nc1ccc(Nc2ccc(-n3cccn3)nn2)cc1. The summed E-state index contributed by atoms with van der Waals surface area (Å²) < 4.78 is 1.64. The highest BCUT2D eigenvalue weighted by molar-refractivity contribution is 6.00. The Morgan fingerprint density at radius 1 is 0.900 bits per heavy atom. The lowest BCUT2D eigenvalue weighted by Crippen LogP contribution is -2.20. The van der Waals surface area contributed by atoms with Crippen molar-refractivity contribution in [1.29, 1.82) is 0 Å². The number of hydrogen-bond acceptors (Lipinski definition) is 5. The molecule has 2 heterocycles. The molecule has 0 atom stereocenters.